The van der Waals surface area contributed by atoms with Gasteiger partial charge in [0.05, 0.1) is 59.7 Å². The number of methoxy groups -OCH3 is 2. The van der Waals surface area contributed by atoms with E-state index in [0.717, 1.165) is 23.8 Å². The van der Waals surface area contributed by atoms with Gasteiger partial charge in [-0.3, -0.25) is 19.3 Å². The molecule has 0 bridgehead atoms. The van der Waals surface area contributed by atoms with Crippen LogP contribution < -0.4 is 19.7 Å². The Hall–Kier alpha value is -3.94. The van der Waals surface area contributed by atoms with Crippen molar-refractivity contribution in [2.75, 3.05) is 56.9 Å². The lowest BCUT2D eigenvalue weighted by Crippen LogP contribution is -2.52. The highest BCUT2D eigenvalue weighted by Gasteiger charge is 2.66. The van der Waals surface area contributed by atoms with Crippen molar-refractivity contribution < 1.29 is 43.2 Å². The van der Waals surface area contributed by atoms with Crippen LogP contribution in [-0.4, -0.2) is 101 Å². The highest BCUT2D eigenvalue weighted by molar-refractivity contribution is 6.91. The van der Waals surface area contributed by atoms with Crippen molar-refractivity contribution in [1.29, 1.82) is 0 Å². The fraction of sp³-hybridized carbons (Fsp3) is 0.568. The molecule has 0 unspecified atom stereocenters. The highest BCUT2D eigenvalue weighted by Crippen LogP contribution is 2.60. The Morgan fingerprint density at radius 2 is 1.82 bits per heavy atom. The minimum absolute atomic E-state index is 0.0831. The first-order chi connectivity index (χ1) is 24.0. The molecule has 4 aliphatic rings. The van der Waals surface area contributed by atoms with Crippen molar-refractivity contribution in [3.63, 3.8) is 0 Å². The molecule has 0 aliphatic carbocycles. The number of fused-ring (bicyclic) bond motifs is 2. The summed E-state index contributed by atoms with van der Waals surface area (Å²) in [6.07, 6.45) is 2.00. The summed E-state index contributed by atoms with van der Waals surface area (Å²) in [5.74, 6) is -0.181. The monoisotopic (exact) mass is 707 g/mol. The Balaban J connectivity index is 1.43. The van der Waals surface area contributed by atoms with Crippen LogP contribution >= 0.6 is 0 Å². The summed E-state index contributed by atoms with van der Waals surface area (Å²) in [6, 6.07) is 13.4. The van der Waals surface area contributed by atoms with Gasteiger partial charge in [-0.15, -0.1) is 0 Å². The molecule has 0 aromatic heterocycles. The first kappa shape index (κ1) is 35.9. The molecule has 3 saturated heterocycles. The smallest absolute Gasteiger partial charge is 0.414 e. The van der Waals surface area contributed by atoms with E-state index in [4.69, 9.17) is 18.9 Å². The molecule has 0 radical (unpaired) electrons. The number of ether oxygens (including phenoxy) is 4. The lowest BCUT2D eigenvalue weighted by molar-refractivity contribution is -0.150. The molecule has 1 N–H and O–H groups in total. The van der Waals surface area contributed by atoms with Gasteiger partial charge in [0.15, 0.2) is 5.60 Å². The van der Waals surface area contributed by atoms with E-state index in [2.05, 4.69) is 32.2 Å². The first-order valence-electron chi connectivity index (χ1n) is 17.7. The van der Waals surface area contributed by atoms with Crippen LogP contribution in [0.25, 0.3) is 0 Å². The standard InChI is InChI=1S/C37H49N3O9Si/c1-24-34(50(4,5)28-14-12-27(46-2)13-15-28)31(22-32(42)38-18-8-9-26(38)23-41)49-37(24)29-21-25(39-19-20-48-36(39)45)11-16-30(29)40(35(37)44)17-7-6-10-33(43)47-3/h11-16,21,24,26,31,34,41H,6-10,17-20,22-23H2,1-5H3/t24-,26+,31+,34-,37+/m1/s1. The Morgan fingerprint density at radius 1 is 1.06 bits per heavy atom. The van der Waals surface area contributed by atoms with Crippen molar-refractivity contribution in [2.24, 2.45) is 5.92 Å². The second-order valence-electron chi connectivity index (χ2n) is 14.4. The van der Waals surface area contributed by atoms with Gasteiger partial charge in [0, 0.05) is 36.7 Å². The summed E-state index contributed by atoms with van der Waals surface area (Å²) in [5, 5.41) is 11.2. The van der Waals surface area contributed by atoms with Gasteiger partial charge in [0.2, 0.25) is 5.91 Å². The van der Waals surface area contributed by atoms with Gasteiger partial charge in [-0.05, 0) is 61.6 Å². The van der Waals surface area contributed by atoms with Crippen molar-refractivity contribution in [3.05, 3.63) is 48.0 Å². The second-order valence-corrected chi connectivity index (χ2v) is 19.1. The van der Waals surface area contributed by atoms with Crippen molar-refractivity contribution >= 4 is 48.5 Å². The van der Waals surface area contributed by atoms with Gasteiger partial charge in [0.25, 0.3) is 5.91 Å². The first-order valence-corrected chi connectivity index (χ1v) is 20.8. The molecule has 2 aromatic carbocycles. The Bertz CT molecular complexity index is 1620. The zero-order valence-corrected chi connectivity index (χ0v) is 30.7. The van der Waals surface area contributed by atoms with Gasteiger partial charge in [0.1, 0.15) is 12.4 Å². The quantitative estimate of drug-likeness (QED) is 0.198. The van der Waals surface area contributed by atoms with Crippen LogP contribution in [0.5, 0.6) is 5.75 Å². The molecule has 12 nitrogen and oxygen atoms in total. The number of carbonyl (C=O) groups is 4. The average molecular weight is 708 g/mol. The van der Waals surface area contributed by atoms with Gasteiger partial charge in [-0.2, -0.15) is 0 Å². The number of hydrogen-bond donors (Lipinski definition) is 1. The fourth-order valence-electron chi connectivity index (χ4n) is 8.80. The number of aliphatic hydroxyl groups is 1. The van der Waals surface area contributed by atoms with Crippen molar-refractivity contribution in [3.8, 4) is 5.75 Å². The predicted octanol–water partition coefficient (Wildman–Crippen LogP) is 3.93. The molecule has 3 amide bonds. The molecule has 4 heterocycles. The van der Waals surface area contributed by atoms with E-state index in [1.54, 1.807) is 21.8 Å². The number of hydrogen-bond acceptors (Lipinski definition) is 9. The number of nitrogens with zero attached hydrogens (tertiary/aromatic N) is 3. The Kier molecular flexibility index (Phi) is 10.3. The number of aliphatic hydroxyl groups excluding tert-OH is 1. The maximum Gasteiger partial charge on any atom is 0.414 e. The van der Waals surface area contributed by atoms with Crippen molar-refractivity contribution in [1.82, 2.24) is 4.90 Å². The topological polar surface area (TPSA) is 135 Å². The highest BCUT2D eigenvalue weighted by atomic mass is 28.3. The van der Waals surface area contributed by atoms with E-state index in [-0.39, 0.29) is 61.3 Å². The molecular weight excluding hydrogens is 659 g/mol. The number of anilines is 2. The van der Waals surface area contributed by atoms with Crippen LogP contribution in [0.2, 0.25) is 18.6 Å². The summed E-state index contributed by atoms with van der Waals surface area (Å²) in [6.45, 7) is 8.13. The number of esters is 1. The number of unbranched alkanes of at least 4 members (excludes halogenated alkanes) is 1. The van der Waals surface area contributed by atoms with E-state index in [1.165, 1.54) is 7.11 Å². The van der Waals surface area contributed by atoms with E-state index >= 15 is 4.79 Å². The van der Waals surface area contributed by atoms with E-state index < -0.39 is 25.9 Å². The third-order valence-corrected chi connectivity index (χ3v) is 15.8. The van der Waals surface area contributed by atoms with Gasteiger partial charge < -0.3 is 33.9 Å². The molecule has 6 rings (SSSR count). The number of amides is 3. The summed E-state index contributed by atoms with van der Waals surface area (Å²) < 4.78 is 22.7. The van der Waals surface area contributed by atoms with E-state index in [9.17, 15) is 19.5 Å². The lowest BCUT2D eigenvalue weighted by atomic mass is 9.82. The third kappa shape index (κ3) is 6.17. The zero-order chi connectivity index (χ0) is 35.8. The largest absolute Gasteiger partial charge is 0.497 e. The van der Waals surface area contributed by atoms with Gasteiger partial charge >= 0.3 is 12.1 Å². The number of carbonyl (C=O) groups excluding carboxylic acids is 4. The fourth-order valence-corrected chi connectivity index (χ4v) is 12.8. The molecule has 0 saturated carbocycles. The normalized spacial score (nSPS) is 26.2. The summed E-state index contributed by atoms with van der Waals surface area (Å²) >= 11 is 0. The van der Waals surface area contributed by atoms with Crippen molar-refractivity contribution in [2.45, 2.75) is 81.8 Å². The second kappa shape index (κ2) is 14.4. The minimum Gasteiger partial charge on any atom is -0.497 e. The summed E-state index contributed by atoms with van der Waals surface area (Å²) in [5.41, 5.74) is 0.420. The molecule has 1 spiro atoms. The average Bonchev–Trinajstić information content (AvgIpc) is 3.89. The molecule has 3 fully saturated rings. The number of cyclic esters (lactones) is 1. The van der Waals surface area contributed by atoms with Crippen LogP contribution in [0, 0.1) is 5.92 Å². The lowest BCUT2D eigenvalue weighted by Gasteiger charge is -2.37. The van der Waals surface area contributed by atoms with Crippen LogP contribution in [0.15, 0.2) is 42.5 Å². The van der Waals surface area contributed by atoms with Gasteiger partial charge in [-0.25, -0.2) is 4.79 Å². The maximum absolute atomic E-state index is 15.0. The van der Waals surface area contributed by atoms with Crippen LogP contribution in [0.1, 0.15) is 51.0 Å². The SMILES string of the molecule is COC(=O)CCCCN1C(=O)[C@@]2(O[C@@H](CC(=O)N3CCC[C@H]3CO)[C@H]([Si](C)(C)c3ccc(OC)cc3)[C@H]2C)c2cc(N3CCOC3=O)ccc21. The molecule has 270 valence electrons. The minimum atomic E-state index is -2.51. The molecule has 50 heavy (non-hydrogen) atoms. The van der Waals surface area contributed by atoms with Crippen LogP contribution in [-0.2, 0) is 34.2 Å². The van der Waals surface area contributed by atoms with E-state index in [1.807, 2.05) is 30.3 Å². The maximum atomic E-state index is 15.0. The third-order valence-electron chi connectivity index (χ3n) is 11.4. The predicted molar refractivity (Wildman–Crippen MR) is 189 cm³/mol. The molecule has 2 aromatic rings. The molecule has 5 atom stereocenters. The molecule has 4 aliphatic heterocycles. The molecular formula is C37H49N3O9Si. The van der Waals surface area contributed by atoms with E-state index in [0.29, 0.717) is 49.4 Å². The Morgan fingerprint density at radius 3 is 2.48 bits per heavy atom. The number of likely N-dealkylation sites (tertiary alicyclic amines) is 1. The summed E-state index contributed by atoms with van der Waals surface area (Å²) in [4.78, 5) is 58.6. The van der Waals surface area contributed by atoms with Crippen LogP contribution in [0.4, 0.5) is 16.2 Å². The van der Waals surface area contributed by atoms with Crippen LogP contribution in [0.3, 0.4) is 0 Å². The number of benzene rings is 2. The Labute approximate surface area is 294 Å². The number of rotatable bonds is 12. The zero-order valence-electron chi connectivity index (χ0n) is 29.7. The van der Waals surface area contributed by atoms with Gasteiger partial charge in [-0.1, -0.05) is 37.3 Å². The summed E-state index contributed by atoms with van der Waals surface area (Å²) in [7, 11) is 0.483. The molecule has 13 heteroatoms.